The van der Waals surface area contributed by atoms with Gasteiger partial charge in [0.1, 0.15) is 5.75 Å². The van der Waals surface area contributed by atoms with E-state index in [1.165, 1.54) is 4.90 Å². The fraction of sp³-hybridized carbons (Fsp3) is 0.333. The van der Waals surface area contributed by atoms with Gasteiger partial charge in [-0.3, -0.25) is 9.59 Å². The first-order chi connectivity index (χ1) is 12.9. The molecule has 27 heavy (non-hydrogen) atoms. The molecule has 2 aromatic carbocycles. The van der Waals surface area contributed by atoms with Crippen LogP contribution < -0.4 is 19.9 Å². The van der Waals surface area contributed by atoms with Gasteiger partial charge in [-0.05, 0) is 42.3 Å². The van der Waals surface area contributed by atoms with Gasteiger partial charge in [0, 0.05) is 5.56 Å². The number of benzene rings is 2. The third kappa shape index (κ3) is 4.65. The molecule has 0 bridgehead atoms. The zero-order valence-corrected chi connectivity index (χ0v) is 16.0. The second-order valence-electron chi connectivity index (χ2n) is 7.15. The van der Waals surface area contributed by atoms with E-state index in [9.17, 15) is 9.59 Å². The van der Waals surface area contributed by atoms with Crippen molar-refractivity contribution in [3.05, 3.63) is 59.2 Å². The van der Waals surface area contributed by atoms with Crippen LogP contribution >= 0.6 is 0 Å². The maximum Gasteiger partial charge on any atom is 0.265 e. The van der Waals surface area contributed by atoms with Crippen molar-refractivity contribution in [3.8, 4) is 5.75 Å². The third-order valence-corrected chi connectivity index (χ3v) is 4.52. The second-order valence-corrected chi connectivity index (χ2v) is 7.15. The lowest BCUT2D eigenvalue weighted by atomic mass is 10.1. The van der Waals surface area contributed by atoms with Crippen molar-refractivity contribution in [1.82, 2.24) is 5.32 Å². The number of aryl methyl sites for hydroxylation is 1. The van der Waals surface area contributed by atoms with Gasteiger partial charge in [-0.25, -0.2) is 0 Å². The number of rotatable bonds is 6. The van der Waals surface area contributed by atoms with Crippen molar-refractivity contribution in [2.24, 2.45) is 0 Å². The van der Waals surface area contributed by atoms with Crippen LogP contribution in [0.3, 0.4) is 0 Å². The first kappa shape index (κ1) is 18.9. The van der Waals surface area contributed by atoms with E-state index in [-0.39, 0.29) is 18.4 Å². The predicted molar refractivity (Wildman–Crippen MR) is 104 cm³/mol. The van der Waals surface area contributed by atoms with Crippen LogP contribution in [0.2, 0.25) is 0 Å². The summed E-state index contributed by atoms with van der Waals surface area (Å²) in [5.74, 6) is 0.576. The van der Waals surface area contributed by atoms with E-state index in [0.717, 1.165) is 29.1 Å². The van der Waals surface area contributed by atoms with E-state index < -0.39 is 0 Å². The summed E-state index contributed by atoms with van der Waals surface area (Å²) in [7, 11) is 4.10. The molecule has 2 N–H and O–H groups in total. The van der Waals surface area contributed by atoms with Gasteiger partial charge in [-0.15, -0.1) is 0 Å². The average molecular weight is 368 g/mol. The molecule has 0 saturated carbocycles. The number of fused-ring (bicyclic) bond motifs is 1. The zero-order valence-electron chi connectivity index (χ0n) is 16.0. The third-order valence-electron chi connectivity index (χ3n) is 4.52. The molecule has 1 heterocycles. The molecule has 1 aliphatic rings. The van der Waals surface area contributed by atoms with Crippen molar-refractivity contribution in [1.29, 1.82) is 0 Å². The van der Waals surface area contributed by atoms with Gasteiger partial charge in [-0.1, -0.05) is 18.2 Å². The molecule has 0 radical (unpaired) electrons. The number of likely N-dealkylation sites (N-methyl/N-ethyl adjacent to an activating group) is 1. The van der Waals surface area contributed by atoms with Crippen LogP contribution in [0.25, 0.3) is 0 Å². The van der Waals surface area contributed by atoms with Crippen molar-refractivity contribution in [2.45, 2.75) is 13.5 Å². The molecule has 0 aliphatic carbocycles. The molecular weight excluding hydrogens is 342 g/mol. The maximum absolute atomic E-state index is 12.4. The Morgan fingerprint density at radius 2 is 1.93 bits per heavy atom. The van der Waals surface area contributed by atoms with E-state index >= 15 is 0 Å². The van der Waals surface area contributed by atoms with Crippen molar-refractivity contribution in [3.63, 3.8) is 0 Å². The molecule has 6 heteroatoms. The molecule has 0 atom stereocenters. The number of ether oxygens (including phenoxy) is 1. The molecule has 0 aromatic heterocycles. The SMILES string of the molecule is Cc1ccc2c(c1)N(Cc1ccc(C(=O)NCC[NH+](C)C)cc1)C(=O)CO2. The van der Waals surface area contributed by atoms with Crippen LogP contribution in [-0.4, -0.2) is 45.6 Å². The van der Waals surface area contributed by atoms with E-state index in [1.54, 1.807) is 17.0 Å². The van der Waals surface area contributed by atoms with E-state index in [2.05, 4.69) is 5.32 Å². The lowest BCUT2D eigenvalue weighted by molar-refractivity contribution is -0.856. The summed E-state index contributed by atoms with van der Waals surface area (Å²) in [5.41, 5.74) is 3.45. The Labute approximate surface area is 159 Å². The standard InChI is InChI=1S/C21H25N3O3/c1-15-4-9-19-18(12-15)24(20(25)14-27-19)13-16-5-7-17(8-6-16)21(26)22-10-11-23(2)3/h4-9,12H,10-11,13-14H2,1-3H3,(H,22,26)/p+1. The topological polar surface area (TPSA) is 63.1 Å². The van der Waals surface area contributed by atoms with Gasteiger partial charge >= 0.3 is 0 Å². The largest absolute Gasteiger partial charge is 0.482 e. The predicted octanol–water partition coefficient (Wildman–Crippen LogP) is 0.795. The fourth-order valence-electron chi connectivity index (χ4n) is 2.96. The summed E-state index contributed by atoms with van der Waals surface area (Å²) >= 11 is 0. The first-order valence-electron chi connectivity index (χ1n) is 9.14. The molecule has 2 amide bonds. The summed E-state index contributed by atoms with van der Waals surface area (Å²) < 4.78 is 5.52. The highest BCUT2D eigenvalue weighted by Crippen LogP contribution is 2.33. The summed E-state index contributed by atoms with van der Waals surface area (Å²) in [5, 5.41) is 2.92. The normalized spacial score (nSPS) is 13.3. The number of amides is 2. The van der Waals surface area contributed by atoms with Gasteiger partial charge < -0.3 is 19.9 Å². The smallest absolute Gasteiger partial charge is 0.265 e. The molecule has 3 rings (SSSR count). The Kier molecular flexibility index (Phi) is 5.76. The highest BCUT2D eigenvalue weighted by Gasteiger charge is 2.25. The summed E-state index contributed by atoms with van der Waals surface area (Å²) in [6, 6.07) is 13.2. The Morgan fingerprint density at radius 3 is 2.63 bits per heavy atom. The minimum absolute atomic E-state index is 0.0460. The maximum atomic E-state index is 12.4. The van der Waals surface area contributed by atoms with Crippen molar-refractivity contribution >= 4 is 17.5 Å². The fourth-order valence-corrected chi connectivity index (χ4v) is 2.96. The molecule has 0 fully saturated rings. The number of carbonyl (C=O) groups excluding carboxylic acids is 2. The first-order valence-corrected chi connectivity index (χ1v) is 9.14. The second kappa shape index (κ2) is 8.22. The minimum Gasteiger partial charge on any atom is -0.482 e. The Balaban J connectivity index is 1.69. The van der Waals surface area contributed by atoms with Crippen molar-refractivity contribution < 1.29 is 19.2 Å². The summed E-state index contributed by atoms with van der Waals surface area (Å²) in [6.45, 7) is 4.00. The van der Waals surface area contributed by atoms with Gasteiger partial charge in [0.15, 0.2) is 6.61 Å². The number of quaternary nitrogens is 1. The van der Waals surface area contributed by atoms with Crippen molar-refractivity contribution in [2.75, 3.05) is 38.7 Å². The van der Waals surface area contributed by atoms with Crippen LogP contribution in [0.4, 0.5) is 5.69 Å². The van der Waals surface area contributed by atoms with Gasteiger partial charge in [0.25, 0.3) is 11.8 Å². The average Bonchev–Trinajstić information content (AvgIpc) is 2.64. The van der Waals surface area contributed by atoms with Crippen LogP contribution in [0, 0.1) is 6.92 Å². The van der Waals surface area contributed by atoms with Gasteiger partial charge in [0.2, 0.25) is 0 Å². The molecule has 1 aliphatic heterocycles. The van der Waals surface area contributed by atoms with E-state index in [0.29, 0.717) is 18.7 Å². The monoisotopic (exact) mass is 368 g/mol. The molecule has 0 saturated heterocycles. The molecule has 6 nitrogen and oxygen atoms in total. The van der Waals surface area contributed by atoms with E-state index in [1.807, 2.05) is 51.4 Å². The number of carbonyl (C=O) groups is 2. The van der Waals surface area contributed by atoms with E-state index in [4.69, 9.17) is 4.74 Å². The molecular formula is C21H26N3O3+. The minimum atomic E-state index is -0.0776. The van der Waals surface area contributed by atoms with Gasteiger partial charge in [-0.2, -0.15) is 0 Å². The summed E-state index contributed by atoms with van der Waals surface area (Å²) in [4.78, 5) is 27.6. The molecule has 0 spiro atoms. The van der Waals surface area contributed by atoms with Crippen LogP contribution in [-0.2, 0) is 11.3 Å². The van der Waals surface area contributed by atoms with Crippen LogP contribution in [0.1, 0.15) is 21.5 Å². The highest BCUT2D eigenvalue weighted by molar-refractivity contribution is 5.98. The Hall–Kier alpha value is -2.86. The lowest BCUT2D eigenvalue weighted by Gasteiger charge is -2.29. The van der Waals surface area contributed by atoms with Crippen LogP contribution in [0.5, 0.6) is 5.75 Å². The zero-order chi connectivity index (χ0) is 19.4. The molecule has 0 unspecified atom stereocenters. The Morgan fingerprint density at radius 1 is 1.19 bits per heavy atom. The van der Waals surface area contributed by atoms with Gasteiger partial charge in [0.05, 0.1) is 39.4 Å². The number of nitrogens with one attached hydrogen (secondary N) is 2. The number of hydrogen-bond acceptors (Lipinski definition) is 3. The molecule has 142 valence electrons. The number of nitrogens with zero attached hydrogens (tertiary/aromatic N) is 1. The molecule has 2 aromatic rings. The summed E-state index contributed by atoms with van der Waals surface area (Å²) in [6.07, 6.45) is 0. The number of hydrogen-bond donors (Lipinski definition) is 2. The number of anilines is 1. The van der Waals surface area contributed by atoms with Crippen LogP contribution in [0.15, 0.2) is 42.5 Å². The Bertz CT molecular complexity index is 831. The lowest BCUT2D eigenvalue weighted by Crippen LogP contribution is -3.06. The quantitative estimate of drug-likeness (QED) is 0.793. The highest BCUT2D eigenvalue weighted by atomic mass is 16.5.